The van der Waals surface area contributed by atoms with E-state index >= 15 is 0 Å². The second kappa shape index (κ2) is 4.03. The fourth-order valence-electron chi connectivity index (χ4n) is 3.18. The molecule has 1 atom stereocenters. The van der Waals surface area contributed by atoms with Crippen molar-refractivity contribution < 1.29 is 9.90 Å². The molecule has 2 aromatic carbocycles. The molecule has 0 aromatic heterocycles. The Morgan fingerprint density at radius 2 is 1.85 bits per heavy atom. The Morgan fingerprint density at radius 3 is 2.65 bits per heavy atom. The Kier molecular flexibility index (Phi) is 2.39. The average Bonchev–Trinajstić information content (AvgIpc) is 3.01. The first kappa shape index (κ1) is 11.9. The highest BCUT2D eigenvalue weighted by Crippen LogP contribution is 2.55. The van der Waals surface area contributed by atoms with E-state index in [9.17, 15) is 9.90 Å². The SMILES string of the molecule is O=C1c2ccccc2[C@]2(c3ccc(O)cc3)SCCN12. The fraction of sp³-hybridized carbons (Fsp3) is 0.188. The molecule has 0 aliphatic carbocycles. The van der Waals surface area contributed by atoms with Gasteiger partial charge in [-0.1, -0.05) is 30.3 Å². The molecule has 0 unspecified atom stereocenters. The molecule has 2 aliphatic rings. The summed E-state index contributed by atoms with van der Waals surface area (Å²) >= 11 is 1.79. The highest BCUT2D eigenvalue weighted by Gasteiger charge is 2.54. The molecule has 20 heavy (non-hydrogen) atoms. The van der Waals surface area contributed by atoms with Crippen LogP contribution in [-0.2, 0) is 4.87 Å². The number of aromatic hydroxyl groups is 1. The normalized spacial score (nSPS) is 23.8. The molecule has 0 saturated carbocycles. The Bertz CT molecular complexity index is 698. The summed E-state index contributed by atoms with van der Waals surface area (Å²) in [5.41, 5.74) is 2.92. The first-order valence-electron chi connectivity index (χ1n) is 6.58. The number of carbonyl (C=O) groups excluding carboxylic acids is 1. The quantitative estimate of drug-likeness (QED) is 0.875. The predicted octanol–water partition coefficient (Wildman–Crippen LogP) is 2.80. The summed E-state index contributed by atoms with van der Waals surface area (Å²) in [6, 6.07) is 15.0. The van der Waals surface area contributed by atoms with Crippen LogP contribution in [0.1, 0.15) is 21.5 Å². The van der Waals surface area contributed by atoms with Crippen LogP contribution in [0.4, 0.5) is 0 Å². The van der Waals surface area contributed by atoms with Crippen molar-refractivity contribution in [2.24, 2.45) is 0 Å². The van der Waals surface area contributed by atoms with Crippen molar-refractivity contribution in [3.05, 3.63) is 65.2 Å². The first-order chi connectivity index (χ1) is 9.73. The van der Waals surface area contributed by atoms with Crippen molar-refractivity contribution in [2.45, 2.75) is 4.87 Å². The molecule has 2 aromatic rings. The Morgan fingerprint density at radius 1 is 1.10 bits per heavy atom. The summed E-state index contributed by atoms with van der Waals surface area (Å²) in [6.07, 6.45) is 0. The number of phenolic OH excluding ortho intramolecular Hbond substituents is 1. The highest BCUT2D eigenvalue weighted by molar-refractivity contribution is 8.00. The number of phenols is 1. The number of nitrogens with zero attached hydrogens (tertiary/aromatic N) is 1. The molecule has 4 heteroatoms. The molecule has 4 rings (SSSR count). The molecule has 0 spiro atoms. The molecule has 1 N–H and O–H groups in total. The summed E-state index contributed by atoms with van der Waals surface area (Å²) < 4.78 is 0. The van der Waals surface area contributed by atoms with Crippen molar-refractivity contribution in [1.29, 1.82) is 0 Å². The predicted molar refractivity (Wildman–Crippen MR) is 78.8 cm³/mol. The minimum absolute atomic E-state index is 0.110. The molecular formula is C16H13NO2S. The Hall–Kier alpha value is -1.94. The molecule has 3 nitrogen and oxygen atoms in total. The Balaban J connectivity index is 1.99. The minimum Gasteiger partial charge on any atom is -0.508 e. The van der Waals surface area contributed by atoms with Gasteiger partial charge in [0.2, 0.25) is 0 Å². The summed E-state index contributed by atoms with van der Waals surface area (Å²) in [5.74, 6) is 1.29. The van der Waals surface area contributed by atoms with Gasteiger partial charge in [-0.05, 0) is 23.8 Å². The zero-order valence-corrected chi connectivity index (χ0v) is 11.6. The van der Waals surface area contributed by atoms with E-state index in [4.69, 9.17) is 0 Å². The highest BCUT2D eigenvalue weighted by atomic mass is 32.2. The van der Waals surface area contributed by atoms with Gasteiger partial charge in [-0.2, -0.15) is 0 Å². The third-order valence-corrected chi connectivity index (χ3v) is 5.51. The molecule has 1 saturated heterocycles. The van der Waals surface area contributed by atoms with Gasteiger partial charge in [0, 0.05) is 23.4 Å². The van der Waals surface area contributed by atoms with Crippen LogP contribution in [0.15, 0.2) is 48.5 Å². The van der Waals surface area contributed by atoms with Crippen molar-refractivity contribution in [2.75, 3.05) is 12.3 Å². The van der Waals surface area contributed by atoms with Crippen molar-refractivity contribution in [3.8, 4) is 5.75 Å². The topological polar surface area (TPSA) is 40.5 Å². The van der Waals surface area contributed by atoms with E-state index in [0.717, 1.165) is 29.0 Å². The number of fused-ring (bicyclic) bond motifs is 3. The minimum atomic E-state index is -0.415. The molecule has 1 amide bonds. The number of benzene rings is 2. The van der Waals surface area contributed by atoms with Crippen molar-refractivity contribution in [1.82, 2.24) is 4.90 Å². The van der Waals surface area contributed by atoms with Gasteiger partial charge < -0.3 is 10.0 Å². The molecular weight excluding hydrogens is 270 g/mol. The largest absolute Gasteiger partial charge is 0.508 e. The standard InChI is InChI=1S/C16H13NO2S/c18-12-7-5-11(6-8-12)16-14-4-2-1-3-13(14)15(19)17(16)9-10-20-16/h1-8,18H,9-10H2/t16-/m0/s1. The van der Waals surface area contributed by atoms with Gasteiger partial charge >= 0.3 is 0 Å². The van der Waals surface area contributed by atoms with Crippen LogP contribution in [0, 0.1) is 0 Å². The third-order valence-electron chi connectivity index (χ3n) is 4.03. The lowest BCUT2D eigenvalue weighted by Crippen LogP contribution is -2.37. The van der Waals surface area contributed by atoms with Gasteiger partial charge in [0.05, 0.1) is 0 Å². The van der Waals surface area contributed by atoms with Gasteiger partial charge in [-0.15, -0.1) is 11.8 Å². The summed E-state index contributed by atoms with van der Waals surface area (Å²) in [4.78, 5) is 14.1. The number of amides is 1. The third kappa shape index (κ3) is 1.34. The Labute approximate surface area is 121 Å². The van der Waals surface area contributed by atoms with E-state index in [1.807, 2.05) is 41.3 Å². The van der Waals surface area contributed by atoms with Crippen LogP contribution >= 0.6 is 11.8 Å². The maximum atomic E-state index is 12.6. The number of carbonyl (C=O) groups is 1. The van der Waals surface area contributed by atoms with Gasteiger partial charge in [0.15, 0.2) is 0 Å². The second-order valence-corrected chi connectivity index (χ2v) is 6.33. The van der Waals surface area contributed by atoms with Crippen molar-refractivity contribution >= 4 is 17.7 Å². The van der Waals surface area contributed by atoms with Crippen molar-refractivity contribution in [3.63, 3.8) is 0 Å². The summed E-state index contributed by atoms with van der Waals surface area (Å²) in [7, 11) is 0. The molecule has 2 heterocycles. The zero-order chi connectivity index (χ0) is 13.7. The second-order valence-electron chi connectivity index (χ2n) is 5.04. The zero-order valence-electron chi connectivity index (χ0n) is 10.7. The smallest absolute Gasteiger partial charge is 0.255 e. The number of hydrogen-bond donors (Lipinski definition) is 1. The molecule has 100 valence electrons. The lowest BCUT2D eigenvalue weighted by atomic mass is 9.97. The van der Waals surface area contributed by atoms with Crippen LogP contribution in [0.5, 0.6) is 5.75 Å². The first-order valence-corrected chi connectivity index (χ1v) is 7.57. The van der Waals surface area contributed by atoms with Crippen LogP contribution in [0.25, 0.3) is 0 Å². The van der Waals surface area contributed by atoms with Gasteiger partial charge in [-0.25, -0.2) is 0 Å². The van der Waals surface area contributed by atoms with Crippen LogP contribution < -0.4 is 0 Å². The molecule has 0 radical (unpaired) electrons. The lowest BCUT2D eigenvalue weighted by molar-refractivity contribution is 0.0752. The van der Waals surface area contributed by atoms with Crippen LogP contribution in [0.3, 0.4) is 0 Å². The van der Waals surface area contributed by atoms with E-state index in [1.165, 1.54) is 0 Å². The fourth-order valence-corrected chi connectivity index (χ4v) is 4.72. The average molecular weight is 283 g/mol. The number of hydrogen-bond acceptors (Lipinski definition) is 3. The van der Waals surface area contributed by atoms with Gasteiger partial charge in [-0.3, -0.25) is 4.79 Å². The van der Waals surface area contributed by atoms with E-state index in [-0.39, 0.29) is 11.7 Å². The molecule has 0 bridgehead atoms. The summed E-state index contributed by atoms with van der Waals surface area (Å²) in [6.45, 7) is 0.763. The van der Waals surface area contributed by atoms with E-state index < -0.39 is 4.87 Å². The maximum Gasteiger partial charge on any atom is 0.255 e. The van der Waals surface area contributed by atoms with Gasteiger partial charge in [0.25, 0.3) is 5.91 Å². The molecule has 2 aliphatic heterocycles. The van der Waals surface area contributed by atoms with Crippen LogP contribution in [-0.4, -0.2) is 28.2 Å². The monoisotopic (exact) mass is 283 g/mol. The van der Waals surface area contributed by atoms with E-state index in [2.05, 4.69) is 0 Å². The number of thioether (sulfide) groups is 1. The summed E-state index contributed by atoms with van der Waals surface area (Å²) in [5, 5.41) is 9.50. The maximum absolute atomic E-state index is 12.6. The number of rotatable bonds is 1. The lowest BCUT2D eigenvalue weighted by Gasteiger charge is -2.32. The van der Waals surface area contributed by atoms with Gasteiger partial charge in [0.1, 0.15) is 10.6 Å². The van der Waals surface area contributed by atoms with E-state index in [1.54, 1.807) is 23.9 Å². The van der Waals surface area contributed by atoms with E-state index in [0.29, 0.717) is 0 Å². The molecule has 1 fully saturated rings. The van der Waals surface area contributed by atoms with Crippen LogP contribution in [0.2, 0.25) is 0 Å².